The third kappa shape index (κ3) is 3.14. The molecule has 0 heterocycles. The molecule has 0 saturated carbocycles. The molecule has 2 atom stereocenters. The van der Waals surface area contributed by atoms with Crippen LogP contribution in [0.1, 0.15) is 37.1 Å². The Morgan fingerprint density at radius 2 is 1.60 bits per heavy atom. The standard InChI is InChI=1S/C16H17F2NO/c1-10(13-5-3-4-6-15(13)18)19-11(2)14-8-7-12(17)9-16(14)20/h3-11,19-20H,1-2H3/t10-,11?/m1/s1. The number of rotatable bonds is 4. The molecule has 0 spiro atoms. The quantitative estimate of drug-likeness (QED) is 0.882. The van der Waals surface area contributed by atoms with Crippen LogP contribution in [0.4, 0.5) is 8.78 Å². The third-order valence-electron chi connectivity index (χ3n) is 3.33. The summed E-state index contributed by atoms with van der Waals surface area (Å²) in [6.07, 6.45) is 0. The summed E-state index contributed by atoms with van der Waals surface area (Å²) in [5, 5.41) is 12.9. The Bertz CT molecular complexity index is 601. The average molecular weight is 277 g/mol. The van der Waals surface area contributed by atoms with E-state index in [4.69, 9.17) is 0 Å². The first kappa shape index (κ1) is 14.5. The first-order valence-corrected chi connectivity index (χ1v) is 6.48. The van der Waals surface area contributed by atoms with Crippen molar-refractivity contribution in [3.05, 3.63) is 65.2 Å². The van der Waals surface area contributed by atoms with Crippen molar-refractivity contribution in [1.82, 2.24) is 5.32 Å². The van der Waals surface area contributed by atoms with Crippen molar-refractivity contribution < 1.29 is 13.9 Å². The lowest BCUT2D eigenvalue weighted by molar-refractivity contribution is 0.429. The lowest BCUT2D eigenvalue weighted by Gasteiger charge is -2.21. The van der Waals surface area contributed by atoms with E-state index in [-0.39, 0.29) is 23.7 Å². The molecule has 4 heteroatoms. The van der Waals surface area contributed by atoms with Gasteiger partial charge in [-0.3, -0.25) is 0 Å². The molecule has 0 amide bonds. The molecule has 0 fully saturated rings. The zero-order valence-electron chi connectivity index (χ0n) is 11.4. The highest BCUT2D eigenvalue weighted by molar-refractivity contribution is 5.35. The van der Waals surface area contributed by atoms with Crippen LogP contribution in [-0.2, 0) is 0 Å². The molecule has 0 aliphatic heterocycles. The van der Waals surface area contributed by atoms with Crippen molar-refractivity contribution in [3.63, 3.8) is 0 Å². The van der Waals surface area contributed by atoms with Crippen LogP contribution in [0.3, 0.4) is 0 Å². The Morgan fingerprint density at radius 3 is 2.25 bits per heavy atom. The van der Waals surface area contributed by atoms with Crippen LogP contribution in [0.15, 0.2) is 42.5 Å². The molecule has 1 unspecified atom stereocenters. The van der Waals surface area contributed by atoms with Gasteiger partial charge in [-0.25, -0.2) is 8.78 Å². The molecule has 0 bridgehead atoms. The first-order chi connectivity index (χ1) is 9.49. The van der Waals surface area contributed by atoms with E-state index in [2.05, 4.69) is 5.32 Å². The van der Waals surface area contributed by atoms with Crippen LogP contribution in [0, 0.1) is 11.6 Å². The SMILES string of the molecule is CC(N[C@H](C)c1ccccc1F)c1ccc(F)cc1O. The second-order valence-electron chi connectivity index (χ2n) is 4.83. The summed E-state index contributed by atoms with van der Waals surface area (Å²) in [6.45, 7) is 3.68. The Kier molecular flexibility index (Phi) is 4.35. The van der Waals surface area contributed by atoms with Gasteiger partial charge in [0.15, 0.2) is 0 Å². The zero-order valence-corrected chi connectivity index (χ0v) is 11.4. The largest absolute Gasteiger partial charge is 0.508 e. The molecule has 2 aromatic carbocycles. The minimum Gasteiger partial charge on any atom is -0.508 e. The van der Waals surface area contributed by atoms with Crippen molar-refractivity contribution in [2.75, 3.05) is 0 Å². The summed E-state index contributed by atoms with van der Waals surface area (Å²) in [4.78, 5) is 0. The number of nitrogens with one attached hydrogen (secondary N) is 1. The van der Waals surface area contributed by atoms with Crippen molar-refractivity contribution in [2.24, 2.45) is 0 Å². The van der Waals surface area contributed by atoms with E-state index < -0.39 is 5.82 Å². The monoisotopic (exact) mass is 277 g/mol. The summed E-state index contributed by atoms with van der Waals surface area (Å²) in [5.41, 5.74) is 1.13. The number of benzene rings is 2. The maximum absolute atomic E-state index is 13.7. The molecule has 0 saturated heterocycles. The normalized spacial score (nSPS) is 14.0. The predicted molar refractivity (Wildman–Crippen MR) is 74.4 cm³/mol. The van der Waals surface area contributed by atoms with E-state index in [1.54, 1.807) is 18.2 Å². The minimum atomic E-state index is -0.486. The Balaban J connectivity index is 2.15. The summed E-state index contributed by atoms with van der Waals surface area (Å²) >= 11 is 0. The molecule has 0 aliphatic carbocycles. The van der Waals surface area contributed by atoms with Crippen molar-refractivity contribution >= 4 is 0 Å². The van der Waals surface area contributed by atoms with E-state index in [1.165, 1.54) is 18.2 Å². The number of aromatic hydroxyl groups is 1. The molecule has 2 nitrogen and oxygen atoms in total. The highest BCUT2D eigenvalue weighted by atomic mass is 19.1. The Hall–Kier alpha value is -1.94. The van der Waals surface area contributed by atoms with Gasteiger partial charge in [0.25, 0.3) is 0 Å². The van der Waals surface area contributed by atoms with Crippen LogP contribution in [-0.4, -0.2) is 5.11 Å². The number of hydrogen-bond acceptors (Lipinski definition) is 2. The fraction of sp³-hybridized carbons (Fsp3) is 0.250. The number of halogens is 2. The molecule has 2 rings (SSSR count). The van der Waals surface area contributed by atoms with Gasteiger partial charge in [0, 0.05) is 29.3 Å². The van der Waals surface area contributed by atoms with Gasteiger partial charge in [-0.1, -0.05) is 24.3 Å². The average Bonchev–Trinajstić information content (AvgIpc) is 2.38. The van der Waals surface area contributed by atoms with Crippen LogP contribution >= 0.6 is 0 Å². The van der Waals surface area contributed by atoms with Crippen LogP contribution < -0.4 is 5.32 Å². The van der Waals surface area contributed by atoms with Gasteiger partial charge in [0.1, 0.15) is 17.4 Å². The van der Waals surface area contributed by atoms with Gasteiger partial charge in [0.05, 0.1) is 0 Å². The minimum absolute atomic E-state index is 0.106. The molecule has 0 aliphatic rings. The molecule has 106 valence electrons. The molecule has 0 aromatic heterocycles. The fourth-order valence-corrected chi connectivity index (χ4v) is 2.26. The topological polar surface area (TPSA) is 32.3 Å². The molecule has 2 aromatic rings. The van der Waals surface area contributed by atoms with Crippen LogP contribution in [0.5, 0.6) is 5.75 Å². The van der Waals surface area contributed by atoms with E-state index in [0.29, 0.717) is 11.1 Å². The van der Waals surface area contributed by atoms with Gasteiger partial charge in [-0.15, -0.1) is 0 Å². The fourth-order valence-electron chi connectivity index (χ4n) is 2.26. The van der Waals surface area contributed by atoms with Crippen molar-refractivity contribution in [3.8, 4) is 5.75 Å². The van der Waals surface area contributed by atoms with Gasteiger partial charge in [-0.05, 0) is 26.0 Å². The second kappa shape index (κ2) is 6.01. The van der Waals surface area contributed by atoms with Gasteiger partial charge < -0.3 is 10.4 Å². The summed E-state index contributed by atoms with van der Waals surface area (Å²) in [6, 6.07) is 9.97. The molecule has 20 heavy (non-hydrogen) atoms. The number of hydrogen-bond donors (Lipinski definition) is 2. The molecule has 2 N–H and O–H groups in total. The Morgan fingerprint density at radius 1 is 0.950 bits per heavy atom. The maximum atomic E-state index is 13.7. The van der Waals surface area contributed by atoms with Crippen molar-refractivity contribution in [1.29, 1.82) is 0 Å². The van der Waals surface area contributed by atoms with Gasteiger partial charge in [-0.2, -0.15) is 0 Å². The van der Waals surface area contributed by atoms with Gasteiger partial charge in [0.2, 0.25) is 0 Å². The number of phenolic OH excluding ortho intramolecular Hbond substituents is 1. The van der Waals surface area contributed by atoms with E-state index >= 15 is 0 Å². The zero-order chi connectivity index (χ0) is 14.7. The molecular weight excluding hydrogens is 260 g/mol. The van der Waals surface area contributed by atoms with E-state index in [1.807, 2.05) is 13.8 Å². The van der Waals surface area contributed by atoms with E-state index in [0.717, 1.165) is 6.07 Å². The molecule has 0 radical (unpaired) electrons. The highest BCUT2D eigenvalue weighted by Gasteiger charge is 2.16. The third-order valence-corrected chi connectivity index (χ3v) is 3.33. The summed E-state index contributed by atoms with van der Waals surface area (Å²) in [5.74, 6) is -0.866. The number of phenols is 1. The lowest BCUT2D eigenvalue weighted by atomic mass is 10.0. The van der Waals surface area contributed by atoms with Gasteiger partial charge >= 0.3 is 0 Å². The lowest BCUT2D eigenvalue weighted by Crippen LogP contribution is -2.23. The Labute approximate surface area is 117 Å². The van der Waals surface area contributed by atoms with E-state index in [9.17, 15) is 13.9 Å². The van der Waals surface area contributed by atoms with Crippen LogP contribution in [0.2, 0.25) is 0 Å². The highest BCUT2D eigenvalue weighted by Crippen LogP contribution is 2.27. The smallest absolute Gasteiger partial charge is 0.127 e. The van der Waals surface area contributed by atoms with Crippen LogP contribution in [0.25, 0.3) is 0 Å². The second-order valence-corrected chi connectivity index (χ2v) is 4.83. The summed E-state index contributed by atoms with van der Waals surface area (Å²) < 4.78 is 26.6. The summed E-state index contributed by atoms with van der Waals surface area (Å²) in [7, 11) is 0. The van der Waals surface area contributed by atoms with Crippen molar-refractivity contribution in [2.45, 2.75) is 25.9 Å². The molecular formula is C16H17F2NO. The maximum Gasteiger partial charge on any atom is 0.127 e. The first-order valence-electron chi connectivity index (χ1n) is 6.48. The predicted octanol–water partition coefficient (Wildman–Crippen LogP) is 4.08.